The Morgan fingerprint density at radius 3 is 2.17 bits per heavy atom. The molecule has 4 bridgehead atoms. The molecular formula is C21H32N2. The minimum absolute atomic E-state index is 0.472. The van der Waals surface area contributed by atoms with E-state index in [0.29, 0.717) is 5.54 Å². The molecule has 4 aliphatic carbocycles. The molecule has 0 unspecified atom stereocenters. The lowest BCUT2D eigenvalue weighted by atomic mass is 9.53. The number of nitrogens with zero attached hydrogens (tertiary/aromatic N) is 1. The average molecular weight is 313 g/mol. The van der Waals surface area contributed by atoms with Crippen molar-refractivity contribution < 1.29 is 0 Å². The van der Waals surface area contributed by atoms with Crippen molar-refractivity contribution in [2.24, 2.45) is 17.8 Å². The SMILES string of the molecule is CCN(CC)c1cccc(CNC23CC4CC(CC(C4)C2)C3)c1. The van der Waals surface area contributed by atoms with Gasteiger partial charge in [-0.2, -0.15) is 0 Å². The van der Waals surface area contributed by atoms with Crippen LogP contribution in [-0.2, 0) is 6.54 Å². The Balaban J connectivity index is 1.44. The Morgan fingerprint density at radius 1 is 1.00 bits per heavy atom. The van der Waals surface area contributed by atoms with E-state index in [9.17, 15) is 0 Å². The fourth-order valence-corrected chi connectivity index (χ4v) is 6.07. The molecule has 1 aromatic carbocycles. The van der Waals surface area contributed by atoms with Gasteiger partial charge in [0.1, 0.15) is 0 Å². The second-order valence-corrected chi connectivity index (χ2v) is 8.39. The Kier molecular flexibility index (Phi) is 4.13. The van der Waals surface area contributed by atoms with Gasteiger partial charge in [0.05, 0.1) is 0 Å². The van der Waals surface area contributed by atoms with Gasteiger partial charge in [0.15, 0.2) is 0 Å². The van der Waals surface area contributed by atoms with E-state index >= 15 is 0 Å². The number of anilines is 1. The highest BCUT2D eigenvalue weighted by Crippen LogP contribution is 2.55. The molecule has 0 amide bonds. The molecule has 5 rings (SSSR count). The highest BCUT2D eigenvalue weighted by Gasteiger charge is 2.50. The van der Waals surface area contributed by atoms with Gasteiger partial charge in [-0.05, 0) is 87.8 Å². The third-order valence-corrected chi connectivity index (χ3v) is 6.74. The molecule has 1 aromatic rings. The number of rotatable bonds is 6. The predicted octanol–water partition coefficient (Wildman–Crippen LogP) is 4.59. The second kappa shape index (κ2) is 6.12. The summed E-state index contributed by atoms with van der Waals surface area (Å²) in [5.74, 6) is 3.07. The van der Waals surface area contributed by atoms with Gasteiger partial charge in [0.25, 0.3) is 0 Å². The van der Waals surface area contributed by atoms with Crippen molar-refractivity contribution in [1.82, 2.24) is 5.32 Å². The third-order valence-electron chi connectivity index (χ3n) is 6.74. The number of nitrogens with one attached hydrogen (secondary N) is 1. The van der Waals surface area contributed by atoms with Crippen LogP contribution in [0.3, 0.4) is 0 Å². The molecule has 0 saturated heterocycles. The van der Waals surface area contributed by atoms with Crippen molar-refractivity contribution in [3.63, 3.8) is 0 Å². The van der Waals surface area contributed by atoms with Gasteiger partial charge in [-0.15, -0.1) is 0 Å². The highest BCUT2D eigenvalue weighted by atomic mass is 15.1. The molecule has 2 nitrogen and oxygen atoms in total. The van der Waals surface area contributed by atoms with Crippen molar-refractivity contribution in [2.45, 2.75) is 64.5 Å². The Bertz CT molecular complexity index is 511. The first-order chi connectivity index (χ1) is 11.2. The smallest absolute Gasteiger partial charge is 0.0369 e. The molecule has 0 atom stereocenters. The topological polar surface area (TPSA) is 15.3 Å². The first-order valence-electron chi connectivity index (χ1n) is 9.78. The van der Waals surface area contributed by atoms with E-state index in [2.05, 4.69) is 48.3 Å². The van der Waals surface area contributed by atoms with Crippen LogP contribution in [0.5, 0.6) is 0 Å². The summed E-state index contributed by atoms with van der Waals surface area (Å²) in [7, 11) is 0. The predicted molar refractivity (Wildman–Crippen MR) is 97.7 cm³/mol. The van der Waals surface area contributed by atoms with Crippen molar-refractivity contribution in [1.29, 1.82) is 0 Å². The largest absolute Gasteiger partial charge is 0.372 e. The molecule has 23 heavy (non-hydrogen) atoms. The van der Waals surface area contributed by atoms with Crippen molar-refractivity contribution in [3.05, 3.63) is 29.8 Å². The van der Waals surface area contributed by atoms with E-state index in [1.165, 1.54) is 49.8 Å². The molecule has 0 heterocycles. The minimum atomic E-state index is 0.472. The van der Waals surface area contributed by atoms with E-state index in [-0.39, 0.29) is 0 Å². The Morgan fingerprint density at radius 2 is 1.61 bits per heavy atom. The van der Waals surface area contributed by atoms with E-state index in [1.54, 1.807) is 0 Å². The lowest BCUT2D eigenvalue weighted by molar-refractivity contribution is -0.0206. The lowest BCUT2D eigenvalue weighted by Crippen LogP contribution is -2.58. The maximum Gasteiger partial charge on any atom is 0.0369 e. The summed E-state index contributed by atoms with van der Waals surface area (Å²) in [5.41, 5.74) is 3.30. The van der Waals surface area contributed by atoms with Crippen LogP contribution in [0, 0.1) is 17.8 Å². The zero-order valence-electron chi connectivity index (χ0n) is 14.9. The standard InChI is InChI=1S/C21H32N2/c1-3-23(4-2)20-7-5-6-16(11-20)15-22-21-12-17-8-18(13-21)10-19(9-17)14-21/h5-7,11,17-19,22H,3-4,8-10,12-15H2,1-2H3. The van der Waals surface area contributed by atoms with Gasteiger partial charge < -0.3 is 10.2 Å². The molecule has 4 aliphatic rings. The van der Waals surface area contributed by atoms with Crippen molar-refractivity contribution in [2.75, 3.05) is 18.0 Å². The molecule has 0 radical (unpaired) electrons. The van der Waals surface area contributed by atoms with Gasteiger partial charge in [-0.3, -0.25) is 0 Å². The zero-order valence-corrected chi connectivity index (χ0v) is 14.9. The van der Waals surface area contributed by atoms with Gasteiger partial charge >= 0.3 is 0 Å². The Hall–Kier alpha value is -1.02. The van der Waals surface area contributed by atoms with Gasteiger partial charge in [-0.1, -0.05) is 12.1 Å². The zero-order chi connectivity index (χ0) is 15.9. The summed E-state index contributed by atoms with van der Waals surface area (Å²) in [6.45, 7) is 7.69. The Labute approximate surface area is 141 Å². The molecule has 4 saturated carbocycles. The van der Waals surface area contributed by atoms with Crippen molar-refractivity contribution in [3.8, 4) is 0 Å². The number of hydrogen-bond acceptors (Lipinski definition) is 2. The van der Waals surface area contributed by atoms with E-state index in [0.717, 1.165) is 37.4 Å². The van der Waals surface area contributed by atoms with Crippen LogP contribution in [0.4, 0.5) is 5.69 Å². The second-order valence-electron chi connectivity index (χ2n) is 8.39. The van der Waals surface area contributed by atoms with Crippen molar-refractivity contribution >= 4 is 5.69 Å². The summed E-state index contributed by atoms with van der Waals surface area (Å²) in [6, 6.07) is 9.16. The molecular weight excluding hydrogens is 280 g/mol. The quantitative estimate of drug-likeness (QED) is 0.826. The fourth-order valence-electron chi connectivity index (χ4n) is 6.07. The van der Waals surface area contributed by atoms with E-state index in [1.807, 2.05) is 0 Å². The van der Waals surface area contributed by atoms with Gasteiger partial charge in [-0.25, -0.2) is 0 Å². The van der Waals surface area contributed by atoms with E-state index < -0.39 is 0 Å². The van der Waals surface area contributed by atoms with Crippen LogP contribution in [0.1, 0.15) is 57.9 Å². The number of benzene rings is 1. The maximum absolute atomic E-state index is 4.03. The minimum Gasteiger partial charge on any atom is -0.372 e. The summed E-state index contributed by atoms with van der Waals surface area (Å²) in [4.78, 5) is 2.44. The average Bonchev–Trinajstić information content (AvgIpc) is 2.53. The molecule has 126 valence electrons. The van der Waals surface area contributed by atoms with Crippen LogP contribution < -0.4 is 10.2 Å². The molecule has 0 aromatic heterocycles. The normalized spacial score (nSPS) is 34.8. The highest BCUT2D eigenvalue weighted by molar-refractivity contribution is 5.48. The maximum atomic E-state index is 4.03. The first kappa shape index (κ1) is 15.5. The first-order valence-corrected chi connectivity index (χ1v) is 9.78. The van der Waals surface area contributed by atoms with Crippen LogP contribution in [0.2, 0.25) is 0 Å². The van der Waals surface area contributed by atoms with Gasteiger partial charge in [0, 0.05) is 30.9 Å². The lowest BCUT2D eigenvalue weighted by Gasteiger charge is -2.57. The third kappa shape index (κ3) is 3.03. The van der Waals surface area contributed by atoms with Crippen LogP contribution in [-0.4, -0.2) is 18.6 Å². The van der Waals surface area contributed by atoms with Crippen LogP contribution in [0.15, 0.2) is 24.3 Å². The molecule has 0 spiro atoms. The fraction of sp³-hybridized carbons (Fsp3) is 0.714. The molecule has 1 N–H and O–H groups in total. The molecule has 4 fully saturated rings. The van der Waals surface area contributed by atoms with Crippen LogP contribution >= 0.6 is 0 Å². The summed E-state index contributed by atoms with van der Waals surface area (Å²) in [5, 5.41) is 4.03. The van der Waals surface area contributed by atoms with E-state index in [4.69, 9.17) is 0 Å². The molecule has 2 heteroatoms. The summed E-state index contributed by atoms with van der Waals surface area (Å²) >= 11 is 0. The number of hydrogen-bond donors (Lipinski definition) is 1. The van der Waals surface area contributed by atoms with Crippen LogP contribution in [0.25, 0.3) is 0 Å². The van der Waals surface area contributed by atoms with Gasteiger partial charge in [0.2, 0.25) is 0 Å². The summed E-state index contributed by atoms with van der Waals surface area (Å²) < 4.78 is 0. The summed E-state index contributed by atoms with van der Waals surface area (Å²) in [6.07, 6.45) is 8.90. The molecule has 0 aliphatic heterocycles. The monoisotopic (exact) mass is 312 g/mol.